The second kappa shape index (κ2) is 7.15. The van der Waals surface area contributed by atoms with E-state index < -0.39 is 0 Å². The third kappa shape index (κ3) is 3.92. The van der Waals surface area contributed by atoms with Gasteiger partial charge in [-0.15, -0.1) is 0 Å². The summed E-state index contributed by atoms with van der Waals surface area (Å²) in [4.78, 5) is 18.7. The number of aromatic nitrogens is 2. The molecular weight excluding hydrogens is 312 g/mol. The van der Waals surface area contributed by atoms with Gasteiger partial charge in [0.05, 0.1) is 24.6 Å². The van der Waals surface area contributed by atoms with Gasteiger partial charge in [-0.2, -0.15) is 0 Å². The van der Waals surface area contributed by atoms with Crippen molar-refractivity contribution in [2.24, 2.45) is 0 Å². The number of nitrogens with one attached hydrogen (secondary N) is 1. The molecule has 2 aromatic rings. The molecule has 0 saturated heterocycles. The standard InChI is InChI=1S/C17H21ClN4O/c1-2-16(13-3-5-14(18)6-4-13)20-17(23)11-21-7-8-22-12-19-9-15(22)10-21/h3-6,9,12,16H,2,7-8,10-11H2,1H3,(H,20,23). The van der Waals surface area contributed by atoms with Crippen LogP contribution >= 0.6 is 11.6 Å². The fourth-order valence-corrected chi connectivity index (χ4v) is 3.06. The number of nitrogens with zero attached hydrogens (tertiary/aromatic N) is 3. The molecule has 0 fully saturated rings. The first-order valence-electron chi connectivity index (χ1n) is 7.92. The van der Waals surface area contributed by atoms with Crippen LogP contribution in [-0.4, -0.2) is 33.4 Å². The molecule has 1 unspecified atom stereocenters. The van der Waals surface area contributed by atoms with E-state index in [0.29, 0.717) is 11.6 Å². The molecule has 1 aliphatic rings. The van der Waals surface area contributed by atoms with Crippen LogP contribution in [0.3, 0.4) is 0 Å². The molecule has 0 saturated carbocycles. The summed E-state index contributed by atoms with van der Waals surface area (Å²) in [5, 5.41) is 3.83. The van der Waals surface area contributed by atoms with Gasteiger partial charge in [-0.05, 0) is 24.1 Å². The third-order valence-corrected chi connectivity index (χ3v) is 4.48. The topological polar surface area (TPSA) is 50.2 Å². The highest BCUT2D eigenvalue weighted by molar-refractivity contribution is 6.30. The largest absolute Gasteiger partial charge is 0.348 e. The van der Waals surface area contributed by atoms with Crippen LogP contribution in [0.1, 0.15) is 30.6 Å². The Labute approximate surface area is 141 Å². The van der Waals surface area contributed by atoms with Crippen LogP contribution in [0, 0.1) is 0 Å². The quantitative estimate of drug-likeness (QED) is 0.915. The molecule has 2 heterocycles. The van der Waals surface area contributed by atoms with Crippen molar-refractivity contribution >= 4 is 17.5 Å². The Balaban J connectivity index is 1.57. The van der Waals surface area contributed by atoms with Crippen molar-refractivity contribution in [1.29, 1.82) is 0 Å². The molecule has 6 heteroatoms. The maximum Gasteiger partial charge on any atom is 0.234 e. The molecule has 1 N–H and O–H groups in total. The van der Waals surface area contributed by atoms with E-state index in [9.17, 15) is 4.79 Å². The monoisotopic (exact) mass is 332 g/mol. The van der Waals surface area contributed by atoms with Crippen molar-refractivity contribution in [2.75, 3.05) is 13.1 Å². The Morgan fingerprint density at radius 1 is 1.35 bits per heavy atom. The lowest BCUT2D eigenvalue weighted by Crippen LogP contribution is -2.42. The van der Waals surface area contributed by atoms with Gasteiger partial charge >= 0.3 is 0 Å². The number of benzene rings is 1. The second-order valence-corrected chi connectivity index (χ2v) is 6.31. The average Bonchev–Trinajstić information content (AvgIpc) is 3.01. The van der Waals surface area contributed by atoms with Crippen molar-refractivity contribution in [1.82, 2.24) is 19.8 Å². The summed E-state index contributed by atoms with van der Waals surface area (Å²) < 4.78 is 2.14. The summed E-state index contributed by atoms with van der Waals surface area (Å²) in [7, 11) is 0. The van der Waals surface area contributed by atoms with Crippen LogP contribution in [0.15, 0.2) is 36.8 Å². The Morgan fingerprint density at radius 3 is 2.87 bits per heavy atom. The number of fused-ring (bicyclic) bond motifs is 1. The Hall–Kier alpha value is -1.85. The maximum absolute atomic E-state index is 12.4. The minimum absolute atomic E-state index is 0.0232. The summed E-state index contributed by atoms with van der Waals surface area (Å²) in [6, 6.07) is 7.68. The lowest BCUT2D eigenvalue weighted by molar-refractivity contribution is -0.123. The number of amides is 1. The summed E-state index contributed by atoms with van der Waals surface area (Å²) >= 11 is 5.92. The van der Waals surface area contributed by atoms with Gasteiger partial charge in [-0.25, -0.2) is 4.98 Å². The smallest absolute Gasteiger partial charge is 0.234 e. The Bertz CT molecular complexity index is 667. The van der Waals surface area contributed by atoms with E-state index in [1.807, 2.05) is 36.8 Å². The maximum atomic E-state index is 12.4. The number of hydrogen-bond donors (Lipinski definition) is 1. The van der Waals surface area contributed by atoms with Crippen LogP contribution in [0.25, 0.3) is 0 Å². The van der Waals surface area contributed by atoms with Crippen molar-refractivity contribution in [3.8, 4) is 0 Å². The molecule has 1 atom stereocenters. The average molecular weight is 333 g/mol. The Kier molecular flexibility index (Phi) is 4.98. The predicted octanol–water partition coefficient (Wildman–Crippen LogP) is 2.62. The van der Waals surface area contributed by atoms with Crippen molar-refractivity contribution in [3.05, 3.63) is 53.1 Å². The highest BCUT2D eigenvalue weighted by Crippen LogP contribution is 2.19. The van der Waals surface area contributed by atoms with Gasteiger partial charge in [0.25, 0.3) is 0 Å². The van der Waals surface area contributed by atoms with Crippen LogP contribution in [0.4, 0.5) is 0 Å². The first-order chi connectivity index (χ1) is 11.2. The van der Waals surface area contributed by atoms with Gasteiger partial charge in [-0.3, -0.25) is 9.69 Å². The van der Waals surface area contributed by atoms with Gasteiger partial charge in [0.2, 0.25) is 5.91 Å². The molecular formula is C17H21ClN4O. The van der Waals surface area contributed by atoms with Gasteiger partial charge in [-0.1, -0.05) is 30.7 Å². The Morgan fingerprint density at radius 2 is 2.13 bits per heavy atom. The van der Waals surface area contributed by atoms with E-state index in [4.69, 9.17) is 11.6 Å². The minimum atomic E-state index is 0.0232. The molecule has 23 heavy (non-hydrogen) atoms. The van der Waals surface area contributed by atoms with E-state index in [-0.39, 0.29) is 11.9 Å². The number of rotatable bonds is 5. The van der Waals surface area contributed by atoms with Crippen LogP contribution in [-0.2, 0) is 17.9 Å². The van der Waals surface area contributed by atoms with Gasteiger partial charge in [0.1, 0.15) is 0 Å². The van der Waals surface area contributed by atoms with Crippen molar-refractivity contribution in [3.63, 3.8) is 0 Å². The normalized spacial score (nSPS) is 15.9. The van der Waals surface area contributed by atoms with Crippen LogP contribution in [0.5, 0.6) is 0 Å². The molecule has 0 bridgehead atoms. The molecule has 0 spiro atoms. The van der Waals surface area contributed by atoms with Gasteiger partial charge in [0.15, 0.2) is 0 Å². The minimum Gasteiger partial charge on any atom is -0.348 e. The molecule has 3 rings (SSSR count). The highest BCUT2D eigenvalue weighted by Gasteiger charge is 2.20. The highest BCUT2D eigenvalue weighted by atomic mass is 35.5. The lowest BCUT2D eigenvalue weighted by Gasteiger charge is -2.28. The van der Waals surface area contributed by atoms with Crippen molar-refractivity contribution < 1.29 is 4.79 Å². The van der Waals surface area contributed by atoms with Crippen LogP contribution in [0.2, 0.25) is 5.02 Å². The molecule has 0 radical (unpaired) electrons. The first-order valence-corrected chi connectivity index (χ1v) is 8.29. The molecule has 0 aliphatic carbocycles. The fourth-order valence-electron chi connectivity index (χ4n) is 2.93. The van der Waals surface area contributed by atoms with Crippen molar-refractivity contribution in [2.45, 2.75) is 32.5 Å². The molecule has 1 amide bonds. The van der Waals surface area contributed by atoms with E-state index in [0.717, 1.165) is 37.3 Å². The summed E-state index contributed by atoms with van der Waals surface area (Å²) in [5.41, 5.74) is 2.25. The van der Waals surface area contributed by atoms with E-state index in [1.54, 1.807) is 0 Å². The zero-order valence-electron chi connectivity index (χ0n) is 13.2. The number of halogens is 1. The number of hydrogen-bond acceptors (Lipinski definition) is 3. The van der Waals surface area contributed by atoms with E-state index >= 15 is 0 Å². The molecule has 1 aliphatic heterocycles. The second-order valence-electron chi connectivity index (χ2n) is 5.87. The number of imidazole rings is 1. The predicted molar refractivity (Wildman–Crippen MR) is 90.1 cm³/mol. The molecule has 1 aromatic carbocycles. The summed E-state index contributed by atoms with van der Waals surface area (Å²) in [6.45, 7) is 5.00. The summed E-state index contributed by atoms with van der Waals surface area (Å²) in [5.74, 6) is 0.0553. The number of carbonyl (C=O) groups excluding carboxylic acids is 1. The zero-order chi connectivity index (χ0) is 16.2. The lowest BCUT2D eigenvalue weighted by atomic mass is 10.0. The van der Waals surface area contributed by atoms with Gasteiger partial charge < -0.3 is 9.88 Å². The zero-order valence-corrected chi connectivity index (χ0v) is 14.0. The van der Waals surface area contributed by atoms with Crippen LogP contribution < -0.4 is 5.32 Å². The van der Waals surface area contributed by atoms with E-state index in [2.05, 4.69) is 26.7 Å². The van der Waals surface area contributed by atoms with Gasteiger partial charge in [0, 0.05) is 30.9 Å². The van der Waals surface area contributed by atoms with E-state index in [1.165, 1.54) is 0 Å². The fraction of sp³-hybridized carbons (Fsp3) is 0.412. The summed E-state index contributed by atoms with van der Waals surface area (Å²) in [6.07, 6.45) is 4.56. The molecule has 122 valence electrons. The first kappa shape index (κ1) is 16.0. The molecule has 5 nitrogen and oxygen atoms in total. The number of carbonyl (C=O) groups is 1. The SMILES string of the molecule is CCC(NC(=O)CN1CCn2cncc2C1)c1ccc(Cl)cc1. The molecule has 1 aromatic heterocycles. The third-order valence-electron chi connectivity index (χ3n) is 4.22.